The molecule has 1 unspecified atom stereocenters. The molecule has 2 aromatic heterocycles. The lowest BCUT2D eigenvalue weighted by molar-refractivity contribution is 0.671. The first-order valence-electron chi connectivity index (χ1n) is 4.83. The second-order valence-corrected chi connectivity index (χ2v) is 3.70. The van der Waals surface area contributed by atoms with Gasteiger partial charge in [0.1, 0.15) is 0 Å². The summed E-state index contributed by atoms with van der Waals surface area (Å²) in [5.74, 6) is 0. The van der Waals surface area contributed by atoms with Gasteiger partial charge in [-0.1, -0.05) is 0 Å². The van der Waals surface area contributed by atoms with Crippen molar-refractivity contribution in [2.24, 2.45) is 19.8 Å². The summed E-state index contributed by atoms with van der Waals surface area (Å²) >= 11 is 0. The van der Waals surface area contributed by atoms with Gasteiger partial charge in [-0.25, -0.2) is 0 Å². The summed E-state index contributed by atoms with van der Waals surface area (Å²) < 4.78 is 3.57. The molecule has 0 saturated heterocycles. The fraction of sp³-hybridized carbons (Fsp3) is 0.400. The molecule has 1 atom stereocenters. The van der Waals surface area contributed by atoms with Gasteiger partial charge in [0, 0.05) is 32.1 Å². The van der Waals surface area contributed by atoms with Crippen molar-refractivity contribution in [3.05, 3.63) is 35.4 Å². The fourth-order valence-electron chi connectivity index (χ4n) is 1.77. The third kappa shape index (κ3) is 1.66. The predicted octanol–water partition coefficient (Wildman–Crippen LogP) is 0.510. The predicted molar refractivity (Wildman–Crippen MR) is 57.2 cm³/mol. The molecule has 0 saturated carbocycles. The largest absolute Gasteiger partial charge is 0.319 e. The lowest BCUT2D eigenvalue weighted by atomic mass is 10.1. The Morgan fingerprint density at radius 3 is 2.60 bits per heavy atom. The lowest BCUT2D eigenvalue weighted by Gasteiger charge is -2.10. The first kappa shape index (κ1) is 9.92. The van der Waals surface area contributed by atoms with E-state index in [0.29, 0.717) is 0 Å². The lowest BCUT2D eigenvalue weighted by Crippen LogP contribution is -2.16. The van der Waals surface area contributed by atoms with E-state index in [1.807, 2.05) is 33.3 Å². The standard InChI is InChI=1S/C10H15N5/c1-7-8(6-14(2)13-7)10(11)9-4-5-12-15(9)3/h4-6,10H,11H2,1-3H3. The molecule has 2 rings (SSSR count). The van der Waals surface area contributed by atoms with Crippen molar-refractivity contribution in [3.8, 4) is 0 Å². The van der Waals surface area contributed by atoms with E-state index in [2.05, 4.69) is 10.2 Å². The SMILES string of the molecule is Cc1nn(C)cc1C(N)c1ccnn1C. The van der Waals surface area contributed by atoms with Crippen LogP contribution >= 0.6 is 0 Å². The number of hydrogen-bond donors (Lipinski definition) is 1. The summed E-state index contributed by atoms with van der Waals surface area (Å²) in [6.07, 6.45) is 3.70. The van der Waals surface area contributed by atoms with E-state index in [1.165, 1.54) is 0 Å². The van der Waals surface area contributed by atoms with Crippen LogP contribution in [0.2, 0.25) is 0 Å². The molecule has 0 bridgehead atoms. The molecule has 0 amide bonds. The molecule has 0 spiro atoms. The van der Waals surface area contributed by atoms with Crippen molar-refractivity contribution in [2.45, 2.75) is 13.0 Å². The maximum atomic E-state index is 6.16. The minimum absolute atomic E-state index is 0.161. The van der Waals surface area contributed by atoms with Crippen molar-refractivity contribution in [1.82, 2.24) is 19.6 Å². The average molecular weight is 205 g/mol. The van der Waals surface area contributed by atoms with E-state index in [9.17, 15) is 0 Å². The molecule has 0 aromatic carbocycles. The average Bonchev–Trinajstić information content (AvgIpc) is 2.71. The topological polar surface area (TPSA) is 61.7 Å². The number of aryl methyl sites for hydroxylation is 3. The molecule has 80 valence electrons. The Bertz CT molecular complexity index is 468. The van der Waals surface area contributed by atoms with Crippen LogP contribution in [-0.4, -0.2) is 19.6 Å². The number of hydrogen-bond acceptors (Lipinski definition) is 3. The zero-order chi connectivity index (χ0) is 11.0. The van der Waals surface area contributed by atoms with Crippen LogP contribution in [0.3, 0.4) is 0 Å². The molecule has 2 aromatic rings. The van der Waals surface area contributed by atoms with Gasteiger partial charge in [0.2, 0.25) is 0 Å². The molecular weight excluding hydrogens is 190 g/mol. The highest BCUT2D eigenvalue weighted by atomic mass is 15.3. The summed E-state index contributed by atoms with van der Waals surface area (Å²) in [6.45, 7) is 1.96. The number of nitrogens with zero attached hydrogens (tertiary/aromatic N) is 4. The highest BCUT2D eigenvalue weighted by molar-refractivity contribution is 5.27. The molecule has 5 heteroatoms. The zero-order valence-electron chi connectivity index (χ0n) is 9.18. The number of rotatable bonds is 2. The number of aromatic nitrogens is 4. The van der Waals surface area contributed by atoms with Crippen LogP contribution in [0.15, 0.2) is 18.5 Å². The second-order valence-electron chi connectivity index (χ2n) is 3.70. The summed E-state index contributed by atoms with van der Waals surface area (Å²) in [5, 5.41) is 8.39. The van der Waals surface area contributed by atoms with Gasteiger partial charge in [0.05, 0.1) is 17.4 Å². The summed E-state index contributed by atoms with van der Waals surface area (Å²) in [4.78, 5) is 0. The maximum Gasteiger partial charge on any atom is 0.0756 e. The van der Waals surface area contributed by atoms with Gasteiger partial charge in [-0.3, -0.25) is 9.36 Å². The molecule has 0 aliphatic heterocycles. The third-order valence-corrected chi connectivity index (χ3v) is 2.56. The second kappa shape index (κ2) is 3.51. The van der Waals surface area contributed by atoms with Crippen molar-refractivity contribution in [3.63, 3.8) is 0 Å². The van der Waals surface area contributed by atoms with E-state index in [1.54, 1.807) is 15.6 Å². The molecule has 0 aliphatic rings. The first-order chi connectivity index (χ1) is 7.09. The molecule has 2 heterocycles. The monoisotopic (exact) mass is 205 g/mol. The normalized spacial score (nSPS) is 13.1. The Morgan fingerprint density at radius 2 is 2.13 bits per heavy atom. The van der Waals surface area contributed by atoms with Gasteiger partial charge in [-0.05, 0) is 13.0 Å². The Morgan fingerprint density at radius 1 is 1.40 bits per heavy atom. The Kier molecular flexibility index (Phi) is 2.32. The Balaban J connectivity index is 2.40. The molecule has 2 N–H and O–H groups in total. The van der Waals surface area contributed by atoms with Gasteiger partial charge >= 0.3 is 0 Å². The first-order valence-corrected chi connectivity index (χ1v) is 4.83. The van der Waals surface area contributed by atoms with Crippen LogP contribution in [0.4, 0.5) is 0 Å². The molecule has 0 radical (unpaired) electrons. The van der Waals surface area contributed by atoms with Gasteiger partial charge in [-0.15, -0.1) is 0 Å². The van der Waals surface area contributed by atoms with Crippen LogP contribution in [0.25, 0.3) is 0 Å². The highest BCUT2D eigenvalue weighted by Gasteiger charge is 2.16. The smallest absolute Gasteiger partial charge is 0.0756 e. The van der Waals surface area contributed by atoms with Crippen molar-refractivity contribution in [2.75, 3.05) is 0 Å². The quantitative estimate of drug-likeness (QED) is 0.777. The van der Waals surface area contributed by atoms with Crippen molar-refractivity contribution >= 4 is 0 Å². The fourth-order valence-corrected chi connectivity index (χ4v) is 1.77. The van der Waals surface area contributed by atoms with E-state index in [0.717, 1.165) is 17.0 Å². The van der Waals surface area contributed by atoms with E-state index in [-0.39, 0.29) is 6.04 Å². The van der Waals surface area contributed by atoms with Crippen LogP contribution in [0.1, 0.15) is 23.0 Å². The Labute approximate surface area is 88.5 Å². The van der Waals surface area contributed by atoms with Crippen LogP contribution in [0, 0.1) is 6.92 Å². The van der Waals surface area contributed by atoms with Crippen LogP contribution in [-0.2, 0) is 14.1 Å². The number of nitrogens with two attached hydrogens (primary N) is 1. The highest BCUT2D eigenvalue weighted by Crippen LogP contribution is 2.20. The van der Waals surface area contributed by atoms with Gasteiger partial charge in [0.15, 0.2) is 0 Å². The van der Waals surface area contributed by atoms with E-state index >= 15 is 0 Å². The molecule has 15 heavy (non-hydrogen) atoms. The van der Waals surface area contributed by atoms with Crippen LogP contribution in [0.5, 0.6) is 0 Å². The van der Waals surface area contributed by atoms with Gasteiger partial charge < -0.3 is 5.73 Å². The summed E-state index contributed by atoms with van der Waals surface area (Å²) in [6, 6.07) is 1.77. The van der Waals surface area contributed by atoms with Crippen molar-refractivity contribution < 1.29 is 0 Å². The molecule has 0 fully saturated rings. The van der Waals surface area contributed by atoms with Gasteiger partial charge in [0.25, 0.3) is 0 Å². The minimum Gasteiger partial charge on any atom is -0.319 e. The minimum atomic E-state index is -0.161. The molecule has 0 aliphatic carbocycles. The van der Waals surface area contributed by atoms with Gasteiger partial charge in [-0.2, -0.15) is 10.2 Å². The van der Waals surface area contributed by atoms with E-state index in [4.69, 9.17) is 5.73 Å². The van der Waals surface area contributed by atoms with Crippen molar-refractivity contribution in [1.29, 1.82) is 0 Å². The third-order valence-electron chi connectivity index (χ3n) is 2.56. The molecular formula is C10H15N5. The maximum absolute atomic E-state index is 6.16. The summed E-state index contributed by atoms with van der Waals surface area (Å²) in [7, 11) is 3.79. The van der Waals surface area contributed by atoms with E-state index < -0.39 is 0 Å². The van der Waals surface area contributed by atoms with Crippen LogP contribution < -0.4 is 5.73 Å². The Hall–Kier alpha value is -1.62. The summed E-state index contributed by atoms with van der Waals surface area (Å²) in [5.41, 5.74) is 9.16. The zero-order valence-corrected chi connectivity index (χ0v) is 9.18. The molecule has 5 nitrogen and oxygen atoms in total.